The lowest BCUT2D eigenvalue weighted by atomic mass is 10.5. The maximum absolute atomic E-state index is 5.51. The smallest absolute Gasteiger partial charge is 0.277 e. The molecule has 0 saturated heterocycles. The van der Waals surface area contributed by atoms with Gasteiger partial charge in [0.25, 0.3) is 5.89 Å². The molecule has 0 bridgehead atoms. The molecule has 16 heavy (non-hydrogen) atoms. The highest BCUT2D eigenvalue weighted by atomic mass is 32.1. The van der Waals surface area contributed by atoms with E-state index in [-0.39, 0.29) is 0 Å². The van der Waals surface area contributed by atoms with Gasteiger partial charge in [0.15, 0.2) is 11.0 Å². The maximum atomic E-state index is 5.51. The van der Waals surface area contributed by atoms with Gasteiger partial charge in [-0.3, -0.25) is 5.10 Å². The molecule has 0 aliphatic heterocycles. The molecular formula is C7H5N7OS. The van der Waals surface area contributed by atoms with Crippen molar-refractivity contribution in [2.75, 3.05) is 5.73 Å². The van der Waals surface area contributed by atoms with E-state index in [0.717, 1.165) is 0 Å². The fourth-order valence-electron chi connectivity index (χ4n) is 1.12. The van der Waals surface area contributed by atoms with E-state index >= 15 is 0 Å². The number of nitrogens with two attached hydrogens (primary N) is 1. The average Bonchev–Trinajstić information content (AvgIpc) is 2.97. The summed E-state index contributed by atoms with van der Waals surface area (Å²) in [6.45, 7) is 0. The maximum Gasteiger partial charge on any atom is 0.277 e. The van der Waals surface area contributed by atoms with E-state index in [4.69, 9.17) is 10.3 Å². The first kappa shape index (κ1) is 8.97. The number of nitrogens with zero attached hydrogens (tertiary/aromatic N) is 5. The van der Waals surface area contributed by atoms with Crippen molar-refractivity contribution >= 4 is 16.5 Å². The second kappa shape index (κ2) is 3.38. The molecule has 3 rings (SSSR count). The second-order valence-corrected chi connectivity index (χ2v) is 3.72. The number of aromatic amines is 1. The molecule has 3 aromatic heterocycles. The van der Waals surface area contributed by atoms with Crippen LogP contribution < -0.4 is 5.73 Å². The molecule has 3 N–H and O–H groups in total. The minimum atomic E-state index is 0.305. The third kappa shape index (κ3) is 1.42. The van der Waals surface area contributed by atoms with Crippen LogP contribution in [0.15, 0.2) is 16.2 Å². The number of anilines is 1. The molecule has 0 saturated carbocycles. The number of nitrogen functional groups attached to an aromatic ring is 1. The van der Waals surface area contributed by atoms with E-state index < -0.39 is 0 Å². The summed E-state index contributed by atoms with van der Waals surface area (Å²) in [5.74, 6) is 1.08. The van der Waals surface area contributed by atoms with E-state index in [2.05, 4.69) is 30.3 Å². The van der Waals surface area contributed by atoms with Crippen molar-refractivity contribution in [1.29, 1.82) is 0 Å². The minimum absolute atomic E-state index is 0.305. The van der Waals surface area contributed by atoms with Gasteiger partial charge < -0.3 is 10.3 Å². The van der Waals surface area contributed by atoms with Gasteiger partial charge in [-0.05, 0) is 0 Å². The van der Waals surface area contributed by atoms with Crippen molar-refractivity contribution in [2.45, 2.75) is 0 Å². The van der Waals surface area contributed by atoms with Crippen LogP contribution in [0.4, 0.5) is 5.13 Å². The van der Waals surface area contributed by atoms with Gasteiger partial charge in [-0.25, -0.2) is 9.97 Å². The summed E-state index contributed by atoms with van der Waals surface area (Å²) in [6.07, 6.45) is 1.37. The quantitative estimate of drug-likeness (QED) is 0.665. The molecule has 80 valence electrons. The van der Waals surface area contributed by atoms with Crippen LogP contribution in [0.1, 0.15) is 0 Å². The van der Waals surface area contributed by atoms with E-state index in [1.54, 1.807) is 5.38 Å². The molecule has 0 fully saturated rings. The number of hydrogen-bond donors (Lipinski definition) is 2. The van der Waals surface area contributed by atoms with Gasteiger partial charge in [0.1, 0.15) is 12.0 Å². The molecule has 0 aliphatic rings. The zero-order valence-electron chi connectivity index (χ0n) is 7.78. The lowest BCUT2D eigenvalue weighted by Gasteiger charge is -1.82. The highest BCUT2D eigenvalue weighted by Gasteiger charge is 2.14. The Kier molecular flexibility index (Phi) is 1.90. The predicted octanol–water partition coefficient (Wildman–Crippen LogP) is 0.560. The number of nitrogens with one attached hydrogen (secondary N) is 1. The Morgan fingerprint density at radius 1 is 1.38 bits per heavy atom. The second-order valence-electron chi connectivity index (χ2n) is 2.83. The zero-order valence-corrected chi connectivity index (χ0v) is 8.60. The monoisotopic (exact) mass is 235 g/mol. The first-order valence-corrected chi connectivity index (χ1v) is 5.12. The first-order valence-electron chi connectivity index (χ1n) is 4.24. The molecule has 9 heteroatoms. The van der Waals surface area contributed by atoms with Gasteiger partial charge in [0.2, 0.25) is 5.82 Å². The normalized spacial score (nSPS) is 10.8. The molecule has 0 atom stereocenters. The van der Waals surface area contributed by atoms with E-state index in [0.29, 0.717) is 28.4 Å². The summed E-state index contributed by atoms with van der Waals surface area (Å²) in [4.78, 5) is 12.0. The first-order chi connectivity index (χ1) is 7.83. The summed E-state index contributed by atoms with van der Waals surface area (Å²) in [5, 5.41) is 12.3. The summed E-state index contributed by atoms with van der Waals surface area (Å²) in [6, 6.07) is 0. The van der Waals surface area contributed by atoms with Crippen LogP contribution in [0.25, 0.3) is 23.2 Å². The molecule has 0 aliphatic carbocycles. The largest absolute Gasteiger partial charge is 0.375 e. The van der Waals surface area contributed by atoms with Crippen molar-refractivity contribution in [3.05, 3.63) is 11.7 Å². The van der Waals surface area contributed by atoms with Crippen molar-refractivity contribution in [1.82, 2.24) is 30.3 Å². The Balaban J connectivity index is 2.00. The van der Waals surface area contributed by atoms with Crippen LogP contribution >= 0.6 is 11.3 Å². The van der Waals surface area contributed by atoms with Gasteiger partial charge in [0, 0.05) is 5.38 Å². The lowest BCUT2D eigenvalue weighted by Crippen LogP contribution is -1.84. The summed E-state index contributed by atoms with van der Waals surface area (Å²) in [7, 11) is 0. The van der Waals surface area contributed by atoms with E-state index in [1.165, 1.54) is 17.7 Å². The standard InChI is InChI=1S/C7H5N7OS/c8-7-11-3(1-16-7)6-12-5(14-15-6)4-9-2-10-13-4/h1-2H,(H2,8,11)(H,9,10,13). The Morgan fingerprint density at radius 2 is 2.31 bits per heavy atom. The van der Waals surface area contributed by atoms with Crippen LogP contribution in [0.5, 0.6) is 0 Å². The van der Waals surface area contributed by atoms with Crippen LogP contribution in [-0.2, 0) is 0 Å². The van der Waals surface area contributed by atoms with E-state index in [1.807, 2.05) is 0 Å². The third-order valence-corrected chi connectivity index (χ3v) is 2.47. The van der Waals surface area contributed by atoms with Gasteiger partial charge in [-0.15, -0.1) is 11.3 Å². The summed E-state index contributed by atoms with van der Waals surface area (Å²) >= 11 is 1.31. The SMILES string of the molecule is Nc1nc(-c2nc(-c3ncn[nH]3)no2)cs1. The molecular weight excluding hydrogens is 230 g/mol. The fourth-order valence-corrected chi connectivity index (χ4v) is 1.66. The van der Waals surface area contributed by atoms with Gasteiger partial charge in [-0.2, -0.15) is 10.1 Å². The number of aromatic nitrogens is 6. The lowest BCUT2D eigenvalue weighted by molar-refractivity contribution is 0.431. The average molecular weight is 235 g/mol. The van der Waals surface area contributed by atoms with Crippen molar-refractivity contribution in [3.8, 4) is 23.2 Å². The highest BCUT2D eigenvalue weighted by molar-refractivity contribution is 7.13. The van der Waals surface area contributed by atoms with Crippen molar-refractivity contribution in [3.63, 3.8) is 0 Å². The fraction of sp³-hybridized carbons (Fsp3) is 0. The number of hydrogen-bond acceptors (Lipinski definition) is 8. The third-order valence-electron chi connectivity index (χ3n) is 1.79. The van der Waals surface area contributed by atoms with Crippen LogP contribution in [0.2, 0.25) is 0 Å². The van der Waals surface area contributed by atoms with Gasteiger partial charge >= 0.3 is 0 Å². The van der Waals surface area contributed by atoms with Crippen molar-refractivity contribution < 1.29 is 4.52 Å². The molecule has 0 unspecified atom stereocenters. The minimum Gasteiger partial charge on any atom is -0.375 e. The van der Waals surface area contributed by atoms with E-state index in [9.17, 15) is 0 Å². The van der Waals surface area contributed by atoms with Crippen molar-refractivity contribution in [2.24, 2.45) is 0 Å². The van der Waals surface area contributed by atoms with Crippen LogP contribution in [0, 0.1) is 0 Å². The molecule has 0 aromatic carbocycles. The molecule has 0 spiro atoms. The zero-order chi connectivity index (χ0) is 11.0. The Bertz CT molecular complexity index is 598. The topological polar surface area (TPSA) is 119 Å². The summed E-state index contributed by atoms with van der Waals surface area (Å²) < 4.78 is 5.03. The number of H-pyrrole nitrogens is 1. The number of thiazole rings is 1. The number of rotatable bonds is 2. The molecule has 0 amide bonds. The molecule has 8 nitrogen and oxygen atoms in total. The predicted molar refractivity (Wildman–Crippen MR) is 55.2 cm³/mol. The Hall–Kier alpha value is -2.29. The summed E-state index contributed by atoms with van der Waals surface area (Å²) in [5.41, 5.74) is 6.06. The van der Waals surface area contributed by atoms with Crippen LogP contribution in [-0.4, -0.2) is 30.3 Å². The molecule has 3 heterocycles. The van der Waals surface area contributed by atoms with Crippen LogP contribution in [0.3, 0.4) is 0 Å². The highest BCUT2D eigenvalue weighted by Crippen LogP contribution is 2.22. The Morgan fingerprint density at radius 3 is 3.00 bits per heavy atom. The Labute approximate surface area is 92.5 Å². The van der Waals surface area contributed by atoms with Gasteiger partial charge in [-0.1, -0.05) is 5.16 Å². The van der Waals surface area contributed by atoms with Gasteiger partial charge in [0.05, 0.1) is 0 Å². The molecule has 3 aromatic rings. The molecule has 0 radical (unpaired) electrons.